The number of carbonyl (C=O) groups is 1. The van der Waals surface area contributed by atoms with Crippen LogP contribution in [-0.4, -0.2) is 46.2 Å². The van der Waals surface area contributed by atoms with Gasteiger partial charge in [-0.3, -0.25) is 10.2 Å². The molecule has 1 amide bonds. The summed E-state index contributed by atoms with van der Waals surface area (Å²) in [7, 11) is -3.71. The summed E-state index contributed by atoms with van der Waals surface area (Å²) in [5.41, 5.74) is 3.03. The number of nitrogens with zero attached hydrogens (tertiary/aromatic N) is 4. The molecule has 0 fully saturated rings. The van der Waals surface area contributed by atoms with Gasteiger partial charge in [-0.05, 0) is 49.8 Å². The lowest BCUT2D eigenvalue weighted by molar-refractivity contribution is -0.114. The number of hydrogen-bond donors (Lipinski definition) is 1. The second kappa shape index (κ2) is 7.63. The van der Waals surface area contributed by atoms with Crippen LogP contribution in [0.15, 0.2) is 39.2 Å². The number of rotatable bonds is 2. The summed E-state index contributed by atoms with van der Waals surface area (Å²) in [5, 5.41) is 9.17. The molecule has 0 unspecified atom stereocenters. The number of aromatic nitrogens is 1. The van der Waals surface area contributed by atoms with E-state index in [9.17, 15) is 13.2 Å². The number of nitrogens with one attached hydrogen (secondary N) is 1. The van der Waals surface area contributed by atoms with Gasteiger partial charge in [0.15, 0.2) is 0 Å². The lowest BCUT2D eigenvalue weighted by Gasteiger charge is -2.23. The third-order valence-electron chi connectivity index (χ3n) is 4.70. The average Bonchev–Trinajstić information content (AvgIpc) is 3.18. The minimum absolute atomic E-state index is 0.0352. The van der Waals surface area contributed by atoms with E-state index in [1.807, 2.05) is 24.5 Å². The first-order chi connectivity index (χ1) is 14.5. The minimum atomic E-state index is -3.71. The molecule has 0 aliphatic carbocycles. The van der Waals surface area contributed by atoms with Gasteiger partial charge in [-0.2, -0.15) is 9.39 Å². The van der Waals surface area contributed by atoms with Crippen LogP contribution < -0.4 is 0 Å². The molecule has 2 aliphatic rings. The number of fused-ring (bicyclic) bond motifs is 1. The highest BCUT2D eigenvalue weighted by Crippen LogP contribution is 2.31. The van der Waals surface area contributed by atoms with Crippen molar-refractivity contribution in [1.82, 2.24) is 9.47 Å². The van der Waals surface area contributed by atoms with Gasteiger partial charge in [0.05, 0.1) is 17.5 Å². The Kier molecular flexibility index (Phi) is 5.37. The number of aryl methyl sites for hydroxylation is 1. The summed E-state index contributed by atoms with van der Waals surface area (Å²) in [6.07, 6.45) is 2.52. The predicted octanol–water partition coefficient (Wildman–Crippen LogP) is 4.02. The molecule has 8 nitrogen and oxygen atoms in total. The largest absolute Gasteiger partial charge is 0.318 e. The van der Waals surface area contributed by atoms with E-state index in [0.717, 1.165) is 40.2 Å². The molecule has 2 aromatic rings. The fraction of sp³-hybridized carbons (Fsp3) is 0.158. The van der Waals surface area contributed by atoms with Crippen molar-refractivity contribution in [2.45, 2.75) is 13.8 Å². The summed E-state index contributed by atoms with van der Waals surface area (Å²) >= 11 is 13.0. The summed E-state index contributed by atoms with van der Waals surface area (Å²) in [5.74, 6) is -0.927. The zero-order valence-electron chi connectivity index (χ0n) is 16.5. The molecule has 1 N–H and O–H groups in total. The molecular weight excluding hydrogens is 481 g/mol. The maximum absolute atomic E-state index is 12.6. The van der Waals surface area contributed by atoms with Crippen LogP contribution in [0, 0.1) is 19.3 Å². The monoisotopic (exact) mass is 495 g/mol. The van der Waals surface area contributed by atoms with Crippen LogP contribution in [0.1, 0.15) is 17.0 Å². The SMILES string of the molecule is Cc1cc(/C=C2/C(=N)N3C(=NC2=O)SN=C3S(C)(=O)=O)c(C)n1-c1cc(Cl)cc(Cl)c1. The molecule has 2 aliphatic heterocycles. The minimum Gasteiger partial charge on any atom is -0.318 e. The van der Waals surface area contributed by atoms with Gasteiger partial charge in [-0.15, -0.1) is 0 Å². The van der Waals surface area contributed by atoms with Gasteiger partial charge < -0.3 is 4.57 Å². The quantitative estimate of drug-likeness (QED) is 0.499. The molecule has 0 spiro atoms. The Labute approximate surface area is 192 Å². The smallest absolute Gasteiger partial charge is 0.283 e. The fourth-order valence-corrected chi connectivity index (χ4v) is 5.75. The zero-order valence-corrected chi connectivity index (χ0v) is 19.6. The van der Waals surface area contributed by atoms with Crippen LogP contribution in [0.5, 0.6) is 0 Å². The Morgan fingerprint density at radius 1 is 1.13 bits per heavy atom. The van der Waals surface area contributed by atoms with Gasteiger partial charge >= 0.3 is 0 Å². The van der Waals surface area contributed by atoms with Gasteiger partial charge in [0.25, 0.3) is 5.91 Å². The molecule has 3 heterocycles. The second-order valence-electron chi connectivity index (χ2n) is 6.97. The molecule has 1 aromatic heterocycles. The van der Waals surface area contributed by atoms with E-state index in [1.54, 1.807) is 18.2 Å². The van der Waals surface area contributed by atoms with Crippen LogP contribution in [-0.2, 0) is 14.6 Å². The maximum Gasteiger partial charge on any atom is 0.283 e. The third kappa shape index (κ3) is 3.84. The molecular formula is C19H15Cl2N5O3S2. The molecule has 0 radical (unpaired) electrons. The van der Waals surface area contributed by atoms with Gasteiger partial charge in [0.2, 0.25) is 20.2 Å². The lowest BCUT2D eigenvalue weighted by atomic mass is 10.1. The molecule has 0 saturated heterocycles. The molecule has 160 valence electrons. The van der Waals surface area contributed by atoms with E-state index in [-0.39, 0.29) is 21.7 Å². The van der Waals surface area contributed by atoms with Gasteiger partial charge in [-0.25, -0.2) is 13.3 Å². The van der Waals surface area contributed by atoms with Crippen molar-refractivity contribution in [3.63, 3.8) is 0 Å². The first-order valence-electron chi connectivity index (χ1n) is 8.81. The Hall–Kier alpha value is -2.40. The van der Waals surface area contributed by atoms with Crippen molar-refractivity contribution in [3.05, 3.63) is 56.8 Å². The number of halogens is 2. The topological polar surface area (TPSA) is 108 Å². The molecule has 0 atom stereocenters. The number of benzene rings is 1. The standard InChI is InChI=1S/C19H15Cl2N5O3S2/c1-9-4-11(10(2)25(9)14-7-12(20)6-13(21)8-14)5-15-16(22)26-18(23-17(15)27)30-24-19(26)31(3,28)29/h4-8,22H,1-3H3/b15-5-,22-16?. The second-order valence-corrected chi connectivity index (χ2v) is 10.5. The number of amides is 1. The van der Waals surface area contributed by atoms with Gasteiger partial charge in [0.1, 0.15) is 5.84 Å². The number of amidine groups is 3. The average molecular weight is 496 g/mol. The highest BCUT2D eigenvalue weighted by Gasteiger charge is 2.41. The molecule has 0 bridgehead atoms. The van der Waals surface area contributed by atoms with E-state index in [4.69, 9.17) is 28.6 Å². The number of carbonyl (C=O) groups excluding carboxylic acids is 1. The van der Waals surface area contributed by atoms with Crippen molar-refractivity contribution >= 4 is 73.1 Å². The molecule has 31 heavy (non-hydrogen) atoms. The summed E-state index contributed by atoms with van der Waals surface area (Å²) in [6, 6.07) is 7.02. The maximum atomic E-state index is 12.6. The van der Waals surface area contributed by atoms with Crippen LogP contribution in [0.25, 0.3) is 11.8 Å². The number of hydrogen-bond acceptors (Lipinski definition) is 6. The summed E-state index contributed by atoms with van der Waals surface area (Å²) in [4.78, 5) is 17.6. The van der Waals surface area contributed by atoms with Gasteiger partial charge in [0, 0.05) is 33.4 Å². The van der Waals surface area contributed by atoms with Crippen molar-refractivity contribution in [3.8, 4) is 5.69 Å². The molecule has 12 heteroatoms. The van der Waals surface area contributed by atoms with Crippen LogP contribution in [0.3, 0.4) is 0 Å². The van der Waals surface area contributed by atoms with E-state index < -0.39 is 15.7 Å². The van der Waals surface area contributed by atoms with Crippen LogP contribution >= 0.6 is 35.1 Å². The molecule has 4 rings (SSSR count). The van der Waals surface area contributed by atoms with Crippen molar-refractivity contribution in [1.29, 1.82) is 5.41 Å². The van der Waals surface area contributed by atoms with E-state index in [0.29, 0.717) is 15.6 Å². The zero-order chi connectivity index (χ0) is 22.7. The van der Waals surface area contributed by atoms with Crippen molar-refractivity contribution < 1.29 is 13.2 Å². The third-order valence-corrected chi connectivity index (χ3v) is 6.89. The highest BCUT2D eigenvalue weighted by atomic mass is 35.5. The number of aliphatic imine (C=N–C) groups is 1. The highest BCUT2D eigenvalue weighted by molar-refractivity contribution is 8.16. The first kappa shape index (κ1) is 21.8. The van der Waals surface area contributed by atoms with E-state index >= 15 is 0 Å². The first-order valence-corrected chi connectivity index (χ1v) is 12.2. The Morgan fingerprint density at radius 3 is 2.39 bits per heavy atom. The number of sulfone groups is 1. The van der Waals surface area contributed by atoms with Crippen LogP contribution in [0.4, 0.5) is 0 Å². The molecule has 1 aromatic carbocycles. The normalized spacial score (nSPS) is 17.8. The predicted molar refractivity (Wildman–Crippen MR) is 125 cm³/mol. The fourth-order valence-electron chi connectivity index (χ4n) is 3.39. The van der Waals surface area contributed by atoms with Crippen molar-refractivity contribution in [2.24, 2.45) is 9.39 Å². The van der Waals surface area contributed by atoms with Crippen molar-refractivity contribution in [2.75, 3.05) is 6.26 Å². The Balaban J connectivity index is 1.80. The van der Waals surface area contributed by atoms with Crippen LogP contribution in [0.2, 0.25) is 10.0 Å². The van der Waals surface area contributed by atoms with E-state index in [2.05, 4.69) is 9.39 Å². The molecule has 0 saturated carbocycles. The Bertz CT molecular complexity index is 1350. The summed E-state index contributed by atoms with van der Waals surface area (Å²) < 4.78 is 29.8. The van der Waals surface area contributed by atoms with E-state index in [1.165, 1.54) is 6.08 Å². The Morgan fingerprint density at radius 2 is 1.77 bits per heavy atom. The van der Waals surface area contributed by atoms with Gasteiger partial charge in [-0.1, -0.05) is 23.2 Å². The summed E-state index contributed by atoms with van der Waals surface area (Å²) in [6.45, 7) is 3.74. The lowest BCUT2D eigenvalue weighted by Crippen LogP contribution is -2.45.